The second kappa shape index (κ2) is 7.01. The zero-order chi connectivity index (χ0) is 14.5. The molecule has 1 aromatic carbocycles. The normalized spacial score (nSPS) is 11.5. The molecule has 0 bridgehead atoms. The van der Waals surface area contributed by atoms with Gasteiger partial charge in [-0.3, -0.25) is 14.7 Å². The summed E-state index contributed by atoms with van der Waals surface area (Å²) in [6.45, 7) is 3.93. The summed E-state index contributed by atoms with van der Waals surface area (Å²) in [5.74, 6) is 0. The summed E-state index contributed by atoms with van der Waals surface area (Å²) in [5, 5.41) is 10.8. The third-order valence-electron chi connectivity index (χ3n) is 2.26. The van der Waals surface area contributed by atoms with E-state index in [-0.39, 0.29) is 30.1 Å². The van der Waals surface area contributed by atoms with E-state index in [1.165, 1.54) is 18.2 Å². The van der Waals surface area contributed by atoms with Crippen LogP contribution in [0.2, 0.25) is 5.02 Å². The first kappa shape index (κ1) is 16.1. The maximum atomic E-state index is 12.3. The molecule has 106 valence electrons. The van der Waals surface area contributed by atoms with E-state index in [1.54, 1.807) is 13.8 Å². The Morgan fingerprint density at radius 2 is 1.89 bits per heavy atom. The summed E-state index contributed by atoms with van der Waals surface area (Å²) in [5.41, 5.74) is 0.383. The fraction of sp³-hybridized carbons (Fsp3) is 0.455. The van der Waals surface area contributed by atoms with E-state index in [0.29, 0.717) is 5.56 Å². The molecule has 0 unspecified atom stereocenters. The van der Waals surface area contributed by atoms with Crippen molar-refractivity contribution in [3.05, 3.63) is 38.9 Å². The van der Waals surface area contributed by atoms with Gasteiger partial charge in [-0.15, -0.1) is 0 Å². The van der Waals surface area contributed by atoms with Crippen LogP contribution in [0.5, 0.6) is 0 Å². The van der Waals surface area contributed by atoms with Crippen molar-refractivity contribution in [3.8, 4) is 0 Å². The number of non-ortho nitro benzene ring substituents is 1. The van der Waals surface area contributed by atoms with Crippen molar-refractivity contribution in [2.45, 2.75) is 20.0 Å². The summed E-state index contributed by atoms with van der Waals surface area (Å²) in [7, 11) is -3.26. The summed E-state index contributed by atoms with van der Waals surface area (Å²) >= 11 is 5.94. The molecule has 8 heteroatoms. The van der Waals surface area contributed by atoms with E-state index < -0.39 is 12.5 Å². The minimum atomic E-state index is -3.26. The molecule has 0 N–H and O–H groups in total. The Balaban J connectivity index is 2.97. The lowest BCUT2D eigenvalue weighted by atomic mass is 10.2. The number of nitrogens with zero attached hydrogens (tertiary/aromatic N) is 1. The van der Waals surface area contributed by atoms with Crippen LogP contribution in [0.15, 0.2) is 18.2 Å². The van der Waals surface area contributed by atoms with E-state index in [9.17, 15) is 14.7 Å². The lowest BCUT2D eigenvalue weighted by molar-refractivity contribution is -0.384. The van der Waals surface area contributed by atoms with Gasteiger partial charge in [-0.25, -0.2) is 0 Å². The van der Waals surface area contributed by atoms with Gasteiger partial charge in [-0.2, -0.15) is 0 Å². The summed E-state index contributed by atoms with van der Waals surface area (Å²) in [6.07, 6.45) is -0.00842. The molecule has 0 radical (unpaired) electrons. The van der Waals surface area contributed by atoms with Gasteiger partial charge in [-0.05, 0) is 19.4 Å². The van der Waals surface area contributed by atoms with Gasteiger partial charge in [-0.1, -0.05) is 17.7 Å². The second-order valence-electron chi connectivity index (χ2n) is 3.64. The predicted octanol–water partition coefficient (Wildman–Crippen LogP) is 4.01. The molecule has 1 aromatic rings. The summed E-state index contributed by atoms with van der Waals surface area (Å²) in [4.78, 5) is 10.1. The number of halogens is 1. The predicted molar refractivity (Wildman–Crippen MR) is 72.7 cm³/mol. The van der Waals surface area contributed by atoms with Gasteiger partial charge < -0.3 is 9.05 Å². The molecule has 19 heavy (non-hydrogen) atoms. The third kappa shape index (κ3) is 4.58. The number of hydrogen-bond acceptors (Lipinski definition) is 5. The third-order valence-corrected chi connectivity index (χ3v) is 4.65. The maximum Gasteiger partial charge on any atom is 0.335 e. The Labute approximate surface area is 116 Å². The zero-order valence-corrected chi connectivity index (χ0v) is 12.3. The van der Waals surface area contributed by atoms with Crippen LogP contribution in [-0.4, -0.2) is 18.1 Å². The highest BCUT2D eigenvalue weighted by Crippen LogP contribution is 2.52. The molecule has 0 aliphatic rings. The highest BCUT2D eigenvalue weighted by atomic mass is 35.5. The highest BCUT2D eigenvalue weighted by molar-refractivity contribution is 7.53. The Hall–Kier alpha value is -0.940. The molecule has 6 nitrogen and oxygen atoms in total. The second-order valence-corrected chi connectivity index (χ2v) is 6.10. The van der Waals surface area contributed by atoms with E-state index in [0.717, 1.165) is 0 Å². The quantitative estimate of drug-likeness (QED) is 0.432. The standard InChI is InChI=1S/C11H15ClNO5P/c1-3-17-19(16,18-4-2)8-9-5-6-10(13(14)15)7-11(9)12/h5-7H,3-4,8H2,1-2H3. The molecule has 0 aliphatic heterocycles. The van der Waals surface area contributed by atoms with Gasteiger partial charge in [0.2, 0.25) is 0 Å². The van der Waals surface area contributed by atoms with E-state index in [1.807, 2.05) is 0 Å². The number of hydrogen-bond donors (Lipinski definition) is 0. The van der Waals surface area contributed by atoms with Crippen LogP contribution >= 0.6 is 19.2 Å². The number of rotatable bonds is 7. The average Bonchev–Trinajstić information content (AvgIpc) is 2.32. The minimum absolute atomic E-state index is 0.00842. The molecule has 0 fully saturated rings. The molecule has 0 aliphatic carbocycles. The summed E-state index contributed by atoms with van der Waals surface area (Å²) < 4.78 is 22.6. The first-order chi connectivity index (χ1) is 8.91. The molecule has 0 heterocycles. The van der Waals surface area contributed by atoms with Crippen LogP contribution in [0.1, 0.15) is 19.4 Å². The zero-order valence-electron chi connectivity index (χ0n) is 10.7. The van der Waals surface area contributed by atoms with Crippen molar-refractivity contribution in [2.24, 2.45) is 0 Å². The van der Waals surface area contributed by atoms with Gasteiger partial charge in [0.25, 0.3) is 5.69 Å². The Morgan fingerprint density at radius 3 is 2.32 bits per heavy atom. The lowest BCUT2D eigenvalue weighted by Crippen LogP contribution is -2.00. The van der Waals surface area contributed by atoms with Crippen LogP contribution < -0.4 is 0 Å². The van der Waals surface area contributed by atoms with Crippen LogP contribution in [0, 0.1) is 10.1 Å². The molecular formula is C11H15ClNO5P. The van der Waals surface area contributed by atoms with Gasteiger partial charge in [0.15, 0.2) is 0 Å². The molecule has 0 saturated heterocycles. The summed E-state index contributed by atoms with van der Waals surface area (Å²) in [6, 6.07) is 3.99. The first-order valence-electron chi connectivity index (χ1n) is 5.72. The van der Waals surface area contributed by atoms with Crippen LogP contribution in [0.4, 0.5) is 5.69 Å². The van der Waals surface area contributed by atoms with Crippen molar-refractivity contribution >= 4 is 24.9 Å². The van der Waals surface area contributed by atoms with Crippen molar-refractivity contribution in [1.29, 1.82) is 0 Å². The lowest BCUT2D eigenvalue weighted by Gasteiger charge is -2.17. The molecular weight excluding hydrogens is 293 g/mol. The van der Waals surface area contributed by atoms with Crippen molar-refractivity contribution in [2.75, 3.05) is 13.2 Å². The molecule has 0 saturated carbocycles. The Morgan fingerprint density at radius 1 is 1.32 bits per heavy atom. The molecule has 0 aromatic heterocycles. The molecule has 1 rings (SSSR count). The van der Waals surface area contributed by atoms with Crippen molar-refractivity contribution in [1.82, 2.24) is 0 Å². The largest absolute Gasteiger partial charge is 0.335 e. The number of benzene rings is 1. The van der Waals surface area contributed by atoms with Crippen LogP contribution in [0.3, 0.4) is 0 Å². The minimum Gasteiger partial charge on any atom is -0.309 e. The maximum absolute atomic E-state index is 12.3. The Kier molecular flexibility index (Phi) is 5.94. The SMILES string of the molecule is CCOP(=O)(Cc1ccc([N+](=O)[O-])cc1Cl)OCC. The number of nitro groups is 1. The van der Waals surface area contributed by atoms with Gasteiger partial charge in [0.1, 0.15) is 0 Å². The molecule has 0 atom stereocenters. The molecule has 0 spiro atoms. The molecule has 0 amide bonds. The van der Waals surface area contributed by atoms with E-state index in [2.05, 4.69) is 0 Å². The van der Waals surface area contributed by atoms with E-state index in [4.69, 9.17) is 20.6 Å². The van der Waals surface area contributed by atoms with Crippen LogP contribution in [0.25, 0.3) is 0 Å². The fourth-order valence-electron chi connectivity index (χ4n) is 1.51. The monoisotopic (exact) mass is 307 g/mol. The highest BCUT2D eigenvalue weighted by Gasteiger charge is 2.25. The van der Waals surface area contributed by atoms with Gasteiger partial charge >= 0.3 is 7.60 Å². The average molecular weight is 308 g/mol. The number of nitro benzene ring substituents is 1. The van der Waals surface area contributed by atoms with E-state index >= 15 is 0 Å². The van der Waals surface area contributed by atoms with Gasteiger partial charge in [0.05, 0.1) is 29.3 Å². The smallest absolute Gasteiger partial charge is 0.309 e. The van der Waals surface area contributed by atoms with Crippen molar-refractivity contribution < 1.29 is 18.5 Å². The fourth-order valence-corrected chi connectivity index (χ4v) is 3.58. The van der Waals surface area contributed by atoms with Crippen molar-refractivity contribution in [3.63, 3.8) is 0 Å². The van der Waals surface area contributed by atoms with Gasteiger partial charge in [0, 0.05) is 12.1 Å². The topological polar surface area (TPSA) is 78.7 Å². The Bertz CT molecular complexity index is 498. The first-order valence-corrected chi connectivity index (χ1v) is 7.83. The van der Waals surface area contributed by atoms with Crippen LogP contribution in [-0.2, 0) is 19.8 Å².